The third-order valence-electron chi connectivity index (χ3n) is 1.37. The third kappa shape index (κ3) is 7.70. The van der Waals surface area contributed by atoms with Crippen LogP contribution in [-0.4, -0.2) is 11.2 Å². The molecule has 0 aromatic carbocycles. The highest BCUT2D eigenvalue weighted by Gasteiger charge is 1.87. The standard InChI is InChI=1S/C9H18O/c1-3-4-5-6-7-8-9(2)10/h6-7,9-10H,3-5,8H2,1-2H3/b7-6+/t9-/m1/s1. The van der Waals surface area contributed by atoms with Gasteiger partial charge in [-0.1, -0.05) is 31.9 Å². The van der Waals surface area contributed by atoms with Crippen LogP contribution in [-0.2, 0) is 0 Å². The maximum atomic E-state index is 8.86. The summed E-state index contributed by atoms with van der Waals surface area (Å²) in [5.74, 6) is 0. The Labute approximate surface area is 63.8 Å². The van der Waals surface area contributed by atoms with Crippen LogP contribution in [0.1, 0.15) is 39.5 Å². The molecule has 1 atom stereocenters. The molecule has 1 heteroatoms. The number of hydrogen-bond donors (Lipinski definition) is 1. The Morgan fingerprint density at radius 1 is 1.40 bits per heavy atom. The minimum atomic E-state index is -0.183. The zero-order valence-electron chi connectivity index (χ0n) is 7.01. The van der Waals surface area contributed by atoms with Gasteiger partial charge in [-0.2, -0.15) is 0 Å². The van der Waals surface area contributed by atoms with E-state index in [1.807, 2.05) is 6.92 Å². The highest BCUT2D eigenvalue weighted by molar-refractivity contribution is 4.82. The summed E-state index contributed by atoms with van der Waals surface area (Å²) in [6.45, 7) is 3.99. The van der Waals surface area contributed by atoms with Crippen molar-refractivity contribution >= 4 is 0 Å². The summed E-state index contributed by atoms with van der Waals surface area (Å²) in [4.78, 5) is 0. The first-order valence-corrected chi connectivity index (χ1v) is 4.10. The molecule has 0 rings (SSSR count). The minimum absolute atomic E-state index is 0.183. The van der Waals surface area contributed by atoms with Crippen LogP contribution in [0, 0.1) is 0 Å². The smallest absolute Gasteiger partial charge is 0.0546 e. The molecule has 1 N–H and O–H groups in total. The number of aliphatic hydroxyl groups is 1. The third-order valence-corrected chi connectivity index (χ3v) is 1.37. The summed E-state index contributed by atoms with van der Waals surface area (Å²) in [5, 5.41) is 8.86. The lowest BCUT2D eigenvalue weighted by atomic mass is 10.2. The van der Waals surface area contributed by atoms with E-state index in [0.29, 0.717) is 0 Å². The van der Waals surface area contributed by atoms with Crippen LogP contribution in [0.3, 0.4) is 0 Å². The maximum absolute atomic E-state index is 8.86. The fourth-order valence-corrected chi connectivity index (χ4v) is 0.733. The van der Waals surface area contributed by atoms with Crippen molar-refractivity contribution < 1.29 is 5.11 Å². The van der Waals surface area contributed by atoms with Gasteiger partial charge in [0.05, 0.1) is 6.10 Å². The summed E-state index contributed by atoms with van der Waals surface area (Å²) in [5.41, 5.74) is 0. The zero-order valence-corrected chi connectivity index (χ0v) is 7.01. The van der Waals surface area contributed by atoms with Crippen LogP contribution in [0.15, 0.2) is 12.2 Å². The SMILES string of the molecule is CCCC/C=C/C[C@@H](C)O. The van der Waals surface area contributed by atoms with Gasteiger partial charge in [0, 0.05) is 0 Å². The first kappa shape index (κ1) is 9.70. The molecule has 0 amide bonds. The van der Waals surface area contributed by atoms with E-state index < -0.39 is 0 Å². The fourth-order valence-electron chi connectivity index (χ4n) is 0.733. The Hall–Kier alpha value is -0.300. The largest absolute Gasteiger partial charge is 0.393 e. The van der Waals surface area contributed by atoms with Crippen LogP contribution in [0.2, 0.25) is 0 Å². The van der Waals surface area contributed by atoms with E-state index in [9.17, 15) is 0 Å². The fraction of sp³-hybridized carbons (Fsp3) is 0.778. The molecule has 60 valence electrons. The zero-order chi connectivity index (χ0) is 7.82. The van der Waals surface area contributed by atoms with E-state index in [-0.39, 0.29) is 6.10 Å². The Bertz CT molecular complexity index is 84.7. The number of unbranched alkanes of at least 4 members (excludes halogenated alkanes) is 2. The Morgan fingerprint density at radius 3 is 2.60 bits per heavy atom. The molecule has 0 aliphatic carbocycles. The molecular weight excluding hydrogens is 124 g/mol. The lowest BCUT2D eigenvalue weighted by Gasteiger charge is -1.95. The Kier molecular flexibility index (Phi) is 6.61. The monoisotopic (exact) mass is 142 g/mol. The minimum Gasteiger partial charge on any atom is -0.393 e. The molecule has 0 aliphatic rings. The maximum Gasteiger partial charge on any atom is 0.0546 e. The lowest BCUT2D eigenvalue weighted by Crippen LogP contribution is -1.95. The summed E-state index contributed by atoms with van der Waals surface area (Å²) in [7, 11) is 0. The molecule has 0 radical (unpaired) electrons. The van der Waals surface area contributed by atoms with Gasteiger partial charge in [-0.05, 0) is 19.8 Å². The van der Waals surface area contributed by atoms with E-state index in [2.05, 4.69) is 19.1 Å². The summed E-state index contributed by atoms with van der Waals surface area (Å²) in [6.07, 6.45) is 8.48. The van der Waals surface area contributed by atoms with Crippen molar-refractivity contribution in [3.63, 3.8) is 0 Å². The molecule has 0 unspecified atom stereocenters. The molecule has 0 saturated heterocycles. The first-order valence-electron chi connectivity index (χ1n) is 4.10. The Morgan fingerprint density at radius 2 is 2.10 bits per heavy atom. The molecule has 0 aromatic rings. The van der Waals surface area contributed by atoms with E-state index in [1.165, 1.54) is 12.8 Å². The summed E-state index contributed by atoms with van der Waals surface area (Å²) < 4.78 is 0. The van der Waals surface area contributed by atoms with Crippen molar-refractivity contribution in [3.05, 3.63) is 12.2 Å². The van der Waals surface area contributed by atoms with Crippen LogP contribution in [0.4, 0.5) is 0 Å². The van der Waals surface area contributed by atoms with Gasteiger partial charge < -0.3 is 5.11 Å². The number of hydrogen-bond acceptors (Lipinski definition) is 1. The van der Waals surface area contributed by atoms with Crippen molar-refractivity contribution in [2.75, 3.05) is 0 Å². The quantitative estimate of drug-likeness (QED) is 0.462. The van der Waals surface area contributed by atoms with Crippen molar-refractivity contribution in [1.29, 1.82) is 0 Å². The van der Waals surface area contributed by atoms with Gasteiger partial charge in [0.25, 0.3) is 0 Å². The molecular formula is C9H18O. The number of allylic oxidation sites excluding steroid dienone is 1. The van der Waals surface area contributed by atoms with Gasteiger partial charge in [-0.25, -0.2) is 0 Å². The van der Waals surface area contributed by atoms with Crippen molar-refractivity contribution in [2.45, 2.75) is 45.6 Å². The molecule has 0 aromatic heterocycles. The lowest BCUT2D eigenvalue weighted by molar-refractivity contribution is 0.198. The molecule has 0 saturated carbocycles. The summed E-state index contributed by atoms with van der Waals surface area (Å²) >= 11 is 0. The van der Waals surface area contributed by atoms with Gasteiger partial charge in [0.15, 0.2) is 0 Å². The van der Waals surface area contributed by atoms with E-state index in [4.69, 9.17) is 5.11 Å². The van der Waals surface area contributed by atoms with Crippen LogP contribution >= 0.6 is 0 Å². The first-order chi connectivity index (χ1) is 4.77. The predicted molar refractivity (Wildman–Crippen MR) is 45.0 cm³/mol. The molecule has 0 bridgehead atoms. The molecule has 0 spiro atoms. The second kappa shape index (κ2) is 6.81. The van der Waals surface area contributed by atoms with Crippen LogP contribution in [0.25, 0.3) is 0 Å². The second-order valence-corrected chi connectivity index (χ2v) is 2.70. The molecule has 1 nitrogen and oxygen atoms in total. The van der Waals surface area contributed by atoms with Crippen molar-refractivity contribution in [3.8, 4) is 0 Å². The van der Waals surface area contributed by atoms with Gasteiger partial charge >= 0.3 is 0 Å². The molecule has 10 heavy (non-hydrogen) atoms. The van der Waals surface area contributed by atoms with Gasteiger partial charge in [0.1, 0.15) is 0 Å². The highest BCUT2D eigenvalue weighted by atomic mass is 16.3. The van der Waals surface area contributed by atoms with E-state index >= 15 is 0 Å². The highest BCUT2D eigenvalue weighted by Crippen LogP contribution is 1.97. The molecule has 0 fully saturated rings. The van der Waals surface area contributed by atoms with Gasteiger partial charge in [-0.15, -0.1) is 0 Å². The number of aliphatic hydroxyl groups excluding tert-OH is 1. The van der Waals surface area contributed by atoms with Crippen molar-refractivity contribution in [2.24, 2.45) is 0 Å². The van der Waals surface area contributed by atoms with Gasteiger partial charge in [0.2, 0.25) is 0 Å². The molecule has 0 heterocycles. The van der Waals surface area contributed by atoms with Gasteiger partial charge in [-0.3, -0.25) is 0 Å². The van der Waals surface area contributed by atoms with Crippen LogP contribution in [0.5, 0.6) is 0 Å². The average Bonchev–Trinajstić information content (AvgIpc) is 1.87. The second-order valence-electron chi connectivity index (χ2n) is 2.70. The van der Waals surface area contributed by atoms with Crippen molar-refractivity contribution in [1.82, 2.24) is 0 Å². The van der Waals surface area contributed by atoms with E-state index in [1.54, 1.807) is 0 Å². The predicted octanol–water partition coefficient (Wildman–Crippen LogP) is 2.50. The Balaban J connectivity index is 3.04. The van der Waals surface area contributed by atoms with Crippen LogP contribution < -0.4 is 0 Å². The average molecular weight is 142 g/mol. The topological polar surface area (TPSA) is 20.2 Å². The number of rotatable bonds is 5. The summed E-state index contributed by atoms with van der Waals surface area (Å²) in [6, 6.07) is 0. The molecule has 0 aliphatic heterocycles. The van der Waals surface area contributed by atoms with E-state index in [0.717, 1.165) is 12.8 Å². The normalized spacial score (nSPS) is 14.3.